The van der Waals surface area contributed by atoms with Crippen molar-refractivity contribution in [3.8, 4) is 0 Å². The molecule has 4 rings (SSSR count). The summed E-state index contributed by atoms with van der Waals surface area (Å²) in [4.78, 5) is 30.2. The number of fused-ring (bicyclic) bond motifs is 2. The molecule has 0 radical (unpaired) electrons. The average molecular weight is 509 g/mol. The van der Waals surface area contributed by atoms with E-state index in [9.17, 15) is 9.59 Å². The predicted octanol–water partition coefficient (Wildman–Crippen LogP) is 4.99. The third-order valence-corrected chi connectivity index (χ3v) is 6.02. The van der Waals surface area contributed by atoms with Crippen molar-refractivity contribution in [2.75, 3.05) is 6.61 Å². The average Bonchev–Trinajstić information content (AvgIpc) is 3.04. The maximum Gasteiger partial charge on any atom is 0.325 e. The van der Waals surface area contributed by atoms with Gasteiger partial charge in [-0.2, -0.15) is 9.78 Å². The van der Waals surface area contributed by atoms with Crippen LogP contribution in [-0.4, -0.2) is 33.0 Å². The van der Waals surface area contributed by atoms with Gasteiger partial charge in [-0.25, -0.2) is 4.98 Å². The van der Waals surface area contributed by atoms with Crippen LogP contribution in [0.4, 0.5) is 0 Å². The molecule has 2 aromatic carbocycles. The summed E-state index contributed by atoms with van der Waals surface area (Å²) in [5, 5.41) is 6.02. The number of carbonyl (C=O) groups excluding carboxylic acids is 1. The highest BCUT2D eigenvalue weighted by molar-refractivity contribution is 9.10. The molecule has 0 N–H and O–H groups in total. The molecule has 0 aliphatic heterocycles. The molecule has 8 heteroatoms. The molecule has 0 saturated carbocycles. The van der Waals surface area contributed by atoms with E-state index in [0.29, 0.717) is 23.3 Å². The highest BCUT2D eigenvalue weighted by atomic mass is 79.9. The van der Waals surface area contributed by atoms with Crippen LogP contribution >= 0.6 is 15.9 Å². The summed E-state index contributed by atoms with van der Waals surface area (Å²) in [6.45, 7) is 8.12. The Balaban J connectivity index is 1.88. The van der Waals surface area contributed by atoms with Crippen molar-refractivity contribution in [1.82, 2.24) is 14.2 Å². The maximum atomic E-state index is 13.3. The highest BCUT2D eigenvalue weighted by Gasteiger charge is 2.17. The van der Waals surface area contributed by atoms with Crippen LogP contribution in [0.3, 0.4) is 0 Å². The van der Waals surface area contributed by atoms with Crippen molar-refractivity contribution in [1.29, 1.82) is 0 Å². The second kappa shape index (κ2) is 9.31. The van der Waals surface area contributed by atoms with E-state index in [-0.39, 0.29) is 24.0 Å². The van der Waals surface area contributed by atoms with E-state index in [1.54, 1.807) is 19.2 Å². The number of para-hydroxylation sites is 1. The van der Waals surface area contributed by atoms with Gasteiger partial charge in [0, 0.05) is 32.6 Å². The number of nitrogens with zero attached hydrogens (tertiary/aromatic N) is 4. The van der Waals surface area contributed by atoms with E-state index < -0.39 is 0 Å². The van der Waals surface area contributed by atoms with Gasteiger partial charge in [0.15, 0.2) is 0 Å². The Morgan fingerprint density at radius 3 is 2.70 bits per heavy atom. The predicted molar refractivity (Wildman–Crippen MR) is 134 cm³/mol. The summed E-state index contributed by atoms with van der Waals surface area (Å²) in [6, 6.07) is 13.3. The molecule has 170 valence electrons. The monoisotopic (exact) mass is 508 g/mol. The number of hydrogen-bond donors (Lipinski definition) is 0. The minimum Gasteiger partial charge on any atom is -0.465 e. The lowest BCUT2D eigenvalue weighted by molar-refractivity contribution is -0.143. The molecule has 0 saturated heterocycles. The molecule has 0 aliphatic carbocycles. The van der Waals surface area contributed by atoms with Gasteiger partial charge >= 0.3 is 5.97 Å². The first-order valence-corrected chi connectivity index (χ1v) is 11.6. The van der Waals surface area contributed by atoms with E-state index in [1.165, 1.54) is 4.68 Å². The van der Waals surface area contributed by atoms with Crippen LogP contribution in [0, 0.1) is 6.92 Å². The van der Waals surface area contributed by atoms with Crippen molar-refractivity contribution in [3.63, 3.8) is 0 Å². The van der Waals surface area contributed by atoms with Gasteiger partial charge in [0.1, 0.15) is 12.4 Å². The number of hydrogen-bond acceptors (Lipinski definition) is 5. The Morgan fingerprint density at radius 1 is 1.21 bits per heavy atom. The molecule has 4 aromatic rings. The van der Waals surface area contributed by atoms with Gasteiger partial charge in [-0.15, -0.1) is 0 Å². The first-order chi connectivity index (χ1) is 15.8. The summed E-state index contributed by atoms with van der Waals surface area (Å²) in [5.74, 6) is 0.278. The first-order valence-electron chi connectivity index (χ1n) is 10.8. The van der Waals surface area contributed by atoms with E-state index in [0.717, 1.165) is 26.6 Å². The third-order valence-electron chi connectivity index (χ3n) is 5.52. The van der Waals surface area contributed by atoms with Crippen molar-refractivity contribution < 1.29 is 9.53 Å². The fraction of sp³-hybridized carbons (Fsp3) is 0.280. The van der Waals surface area contributed by atoms with Gasteiger partial charge in [0.25, 0.3) is 5.56 Å². The van der Waals surface area contributed by atoms with E-state index >= 15 is 0 Å². The lowest BCUT2D eigenvalue weighted by Crippen LogP contribution is -2.23. The van der Waals surface area contributed by atoms with Gasteiger partial charge in [0.2, 0.25) is 0 Å². The zero-order chi connectivity index (χ0) is 23.7. The fourth-order valence-corrected chi connectivity index (χ4v) is 4.29. The second-order valence-electron chi connectivity index (χ2n) is 8.06. The topological polar surface area (TPSA) is 78.5 Å². The summed E-state index contributed by atoms with van der Waals surface area (Å²) >= 11 is 3.43. The van der Waals surface area contributed by atoms with Gasteiger partial charge in [-0.3, -0.25) is 9.59 Å². The zero-order valence-corrected chi connectivity index (χ0v) is 20.6. The molecule has 0 amide bonds. The molecule has 2 aromatic heterocycles. The van der Waals surface area contributed by atoms with E-state index in [1.807, 2.05) is 61.7 Å². The zero-order valence-electron chi connectivity index (χ0n) is 19.0. The molecule has 0 unspecified atom stereocenters. The van der Waals surface area contributed by atoms with Gasteiger partial charge in [-0.1, -0.05) is 48.0 Å². The minimum atomic E-state index is -0.299. The molecule has 0 aliphatic rings. The number of halogens is 1. The Hall–Kier alpha value is -3.26. The Bertz CT molecular complexity index is 1450. The van der Waals surface area contributed by atoms with Gasteiger partial charge in [-0.05, 0) is 38.1 Å². The number of esters is 1. The molecule has 0 fully saturated rings. The van der Waals surface area contributed by atoms with Crippen LogP contribution in [0.1, 0.15) is 43.8 Å². The van der Waals surface area contributed by atoms with Crippen LogP contribution in [-0.2, 0) is 16.1 Å². The Labute approximate surface area is 199 Å². The molecule has 2 heterocycles. The van der Waals surface area contributed by atoms with Crippen LogP contribution in [0.5, 0.6) is 0 Å². The molecular weight excluding hydrogens is 484 g/mol. The van der Waals surface area contributed by atoms with Crippen LogP contribution in [0.15, 0.2) is 56.8 Å². The third kappa shape index (κ3) is 4.35. The summed E-state index contributed by atoms with van der Waals surface area (Å²) in [6.07, 6.45) is 1.68. The van der Waals surface area contributed by atoms with Crippen molar-refractivity contribution >= 4 is 49.9 Å². The lowest BCUT2D eigenvalue weighted by atomic mass is 10.1. The standard InChI is InChI=1S/C25H25BrN4O3/c1-5-33-23(31)14-29-16(4)20(18-8-6-7-9-22(18)29)13-27-30-24(15(2)3)28-21-11-10-17(26)12-19(21)25(30)32/h6-13,15H,5,14H2,1-4H3. The van der Waals surface area contributed by atoms with Crippen molar-refractivity contribution in [2.24, 2.45) is 5.10 Å². The number of benzene rings is 2. The smallest absolute Gasteiger partial charge is 0.325 e. The number of ether oxygens (including phenoxy) is 1. The number of aromatic nitrogens is 3. The quantitative estimate of drug-likeness (QED) is 0.271. The van der Waals surface area contributed by atoms with Crippen LogP contribution in [0.25, 0.3) is 21.8 Å². The van der Waals surface area contributed by atoms with Gasteiger partial charge < -0.3 is 9.30 Å². The largest absolute Gasteiger partial charge is 0.465 e. The number of carbonyl (C=O) groups is 1. The van der Waals surface area contributed by atoms with E-state index in [4.69, 9.17) is 9.72 Å². The number of rotatable bonds is 6. The Kier molecular flexibility index (Phi) is 6.47. The molecule has 0 atom stereocenters. The second-order valence-corrected chi connectivity index (χ2v) is 8.97. The van der Waals surface area contributed by atoms with Gasteiger partial charge in [0.05, 0.1) is 23.7 Å². The summed E-state index contributed by atoms with van der Waals surface area (Å²) in [5.41, 5.74) is 3.02. The van der Waals surface area contributed by atoms with Crippen molar-refractivity contribution in [2.45, 2.75) is 40.2 Å². The van der Waals surface area contributed by atoms with Crippen molar-refractivity contribution in [3.05, 3.63) is 74.4 Å². The summed E-state index contributed by atoms with van der Waals surface area (Å²) < 4.78 is 9.24. The Morgan fingerprint density at radius 2 is 1.97 bits per heavy atom. The molecule has 0 spiro atoms. The summed E-state index contributed by atoms with van der Waals surface area (Å²) in [7, 11) is 0. The normalized spacial score (nSPS) is 11.8. The van der Waals surface area contributed by atoms with E-state index in [2.05, 4.69) is 21.0 Å². The molecule has 0 bridgehead atoms. The SMILES string of the molecule is CCOC(=O)Cn1c(C)c(C=Nn2c(C(C)C)nc3ccc(Br)cc3c2=O)c2ccccc21. The van der Waals surface area contributed by atoms with Crippen LogP contribution < -0.4 is 5.56 Å². The molecule has 7 nitrogen and oxygen atoms in total. The highest BCUT2D eigenvalue weighted by Crippen LogP contribution is 2.25. The van der Waals surface area contributed by atoms with Crippen LogP contribution in [0.2, 0.25) is 0 Å². The fourth-order valence-electron chi connectivity index (χ4n) is 3.93. The minimum absolute atomic E-state index is 0.00542. The first kappa shape index (κ1) is 22.9. The maximum absolute atomic E-state index is 13.3. The lowest BCUT2D eigenvalue weighted by Gasteiger charge is -2.12. The molecular formula is C25H25BrN4O3. The molecule has 33 heavy (non-hydrogen) atoms.